The van der Waals surface area contributed by atoms with Crippen LogP contribution in [0, 0.1) is 19.3 Å². The number of hydrogen-bond donors (Lipinski definition) is 3. The van der Waals surface area contributed by atoms with Crippen molar-refractivity contribution in [2.24, 2.45) is 11.1 Å². The van der Waals surface area contributed by atoms with Gasteiger partial charge >= 0.3 is 0 Å². The minimum Gasteiger partial charge on any atom is -0.491 e. The molecule has 0 aliphatic rings. The predicted molar refractivity (Wildman–Crippen MR) is 83.3 cm³/mol. The van der Waals surface area contributed by atoms with Gasteiger partial charge in [0.05, 0.1) is 5.41 Å². The first-order valence-corrected chi connectivity index (χ1v) is 7.11. The Kier molecular flexibility index (Phi) is 6.18. The van der Waals surface area contributed by atoms with Crippen LogP contribution in [0.15, 0.2) is 18.2 Å². The quantitative estimate of drug-likeness (QED) is 0.671. The number of aliphatic hydroxyl groups is 1. The standard InChI is InChI=1S/C16H26N2O3/c1-11-5-6-12(2)14(7-11)21-9-13(19)8-18-10-16(3,4)15(17)20/h5-7,13,18-19H,8-10H2,1-4H3,(H2,17,20). The van der Waals surface area contributed by atoms with Crippen molar-refractivity contribution in [3.63, 3.8) is 0 Å². The van der Waals surface area contributed by atoms with Gasteiger partial charge in [0.1, 0.15) is 18.5 Å². The molecular weight excluding hydrogens is 268 g/mol. The largest absolute Gasteiger partial charge is 0.491 e. The lowest BCUT2D eigenvalue weighted by Gasteiger charge is -2.22. The number of rotatable bonds is 8. The van der Waals surface area contributed by atoms with E-state index in [4.69, 9.17) is 10.5 Å². The van der Waals surface area contributed by atoms with Gasteiger partial charge < -0.3 is 20.9 Å². The van der Waals surface area contributed by atoms with Gasteiger partial charge in [0.2, 0.25) is 5.91 Å². The zero-order chi connectivity index (χ0) is 16.0. The lowest BCUT2D eigenvalue weighted by molar-refractivity contribution is -0.125. The fraction of sp³-hybridized carbons (Fsp3) is 0.562. The monoisotopic (exact) mass is 294 g/mol. The van der Waals surface area contributed by atoms with Crippen molar-refractivity contribution in [3.8, 4) is 5.75 Å². The Labute approximate surface area is 126 Å². The van der Waals surface area contributed by atoms with Crippen LogP contribution >= 0.6 is 0 Å². The van der Waals surface area contributed by atoms with Crippen LogP contribution in [0.5, 0.6) is 5.75 Å². The molecule has 0 bridgehead atoms. The van der Waals surface area contributed by atoms with Crippen LogP contribution < -0.4 is 15.8 Å². The molecule has 0 saturated carbocycles. The summed E-state index contributed by atoms with van der Waals surface area (Å²) < 4.78 is 5.63. The van der Waals surface area contributed by atoms with E-state index in [1.165, 1.54) is 0 Å². The van der Waals surface area contributed by atoms with Crippen LogP contribution in [0.2, 0.25) is 0 Å². The van der Waals surface area contributed by atoms with E-state index in [0.717, 1.165) is 16.9 Å². The average molecular weight is 294 g/mol. The fourth-order valence-corrected chi connectivity index (χ4v) is 1.75. The average Bonchev–Trinajstić information content (AvgIpc) is 2.39. The SMILES string of the molecule is Cc1ccc(C)c(OCC(O)CNCC(C)(C)C(N)=O)c1. The van der Waals surface area contributed by atoms with Crippen LogP contribution in [0.4, 0.5) is 0 Å². The van der Waals surface area contributed by atoms with Gasteiger partial charge in [-0.3, -0.25) is 4.79 Å². The minimum atomic E-state index is -0.645. The Morgan fingerprint density at radius 3 is 2.71 bits per heavy atom. The number of nitrogens with two attached hydrogens (primary N) is 1. The number of nitrogens with one attached hydrogen (secondary N) is 1. The molecule has 1 rings (SSSR count). The van der Waals surface area contributed by atoms with Crippen LogP contribution in [0.25, 0.3) is 0 Å². The Morgan fingerprint density at radius 1 is 1.43 bits per heavy atom. The molecule has 21 heavy (non-hydrogen) atoms. The third-order valence-corrected chi connectivity index (χ3v) is 3.39. The van der Waals surface area contributed by atoms with Crippen molar-refractivity contribution in [3.05, 3.63) is 29.3 Å². The first-order chi connectivity index (χ1) is 9.72. The van der Waals surface area contributed by atoms with Crippen molar-refractivity contribution >= 4 is 5.91 Å². The van der Waals surface area contributed by atoms with Gasteiger partial charge in [-0.1, -0.05) is 12.1 Å². The fourth-order valence-electron chi connectivity index (χ4n) is 1.75. The second kappa shape index (κ2) is 7.43. The van der Waals surface area contributed by atoms with Crippen molar-refractivity contribution in [1.82, 2.24) is 5.32 Å². The van der Waals surface area contributed by atoms with E-state index < -0.39 is 11.5 Å². The molecule has 0 radical (unpaired) electrons. The molecule has 0 spiro atoms. The van der Waals surface area contributed by atoms with Crippen molar-refractivity contribution in [1.29, 1.82) is 0 Å². The molecule has 5 nitrogen and oxygen atoms in total. The molecule has 1 amide bonds. The highest BCUT2D eigenvalue weighted by Crippen LogP contribution is 2.19. The van der Waals surface area contributed by atoms with Crippen LogP contribution in [-0.2, 0) is 4.79 Å². The number of carbonyl (C=O) groups is 1. The van der Waals surface area contributed by atoms with Crippen molar-refractivity contribution in [2.75, 3.05) is 19.7 Å². The Bertz CT molecular complexity index is 486. The number of ether oxygens (including phenoxy) is 1. The summed E-state index contributed by atoms with van der Waals surface area (Å²) in [5.74, 6) is 0.419. The molecule has 0 aliphatic carbocycles. The third kappa shape index (κ3) is 5.73. The van der Waals surface area contributed by atoms with Gasteiger partial charge in [-0.2, -0.15) is 0 Å². The summed E-state index contributed by atoms with van der Waals surface area (Å²) in [6.45, 7) is 8.46. The maximum atomic E-state index is 11.2. The second-order valence-corrected chi connectivity index (χ2v) is 6.11. The number of primary amides is 1. The molecule has 1 aromatic rings. The maximum absolute atomic E-state index is 11.2. The van der Waals surface area contributed by atoms with Crippen LogP contribution in [0.3, 0.4) is 0 Å². The lowest BCUT2D eigenvalue weighted by atomic mass is 9.93. The molecule has 0 aromatic heterocycles. The minimum absolute atomic E-state index is 0.203. The molecule has 1 aromatic carbocycles. The summed E-state index contributed by atoms with van der Waals surface area (Å²) in [5, 5.41) is 12.9. The zero-order valence-electron chi connectivity index (χ0n) is 13.3. The highest BCUT2D eigenvalue weighted by molar-refractivity contribution is 5.80. The zero-order valence-corrected chi connectivity index (χ0v) is 13.3. The summed E-state index contributed by atoms with van der Waals surface area (Å²) in [4.78, 5) is 11.2. The number of carbonyl (C=O) groups excluding carboxylic acids is 1. The Hall–Kier alpha value is -1.59. The Morgan fingerprint density at radius 2 is 2.10 bits per heavy atom. The first-order valence-electron chi connectivity index (χ1n) is 7.11. The predicted octanol–water partition coefficient (Wildman–Crippen LogP) is 1.14. The number of aryl methyl sites for hydroxylation is 2. The van der Waals surface area contributed by atoms with Gasteiger partial charge in [-0.05, 0) is 44.9 Å². The number of benzene rings is 1. The Balaban J connectivity index is 2.36. The summed E-state index contributed by atoms with van der Waals surface area (Å²) in [5.41, 5.74) is 6.81. The molecule has 4 N–H and O–H groups in total. The van der Waals surface area contributed by atoms with E-state index in [1.54, 1.807) is 13.8 Å². The van der Waals surface area contributed by atoms with Crippen molar-refractivity contribution in [2.45, 2.75) is 33.8 Å². The molecule has 118 valence electrons. The highest BCUT2D eigenvalue weighted by atomic mass is 16.5. The van der Waals surface area contributed by atoms with Gasteiger partial charge in [-0.15, -0.1) is 0 Å². The molecular formula is C16H26N2O3. The highest BCUT2D eigenvalue weighted by Gasteiger charge is 2.24. The summed E-state index contributed by atoms with van der Waals surface area (Å²) in [7, 11) is 0. The van der Waals surface area contributed by atoms with E-state index in [2.05, 4.69) is 5.32 Å². The topological polar surface area (TPSA) is 84.6 Å². The molecule has 0 heterocycles. The van der Waals surface area contributed by atoms with Crippen molar-refractivity contribution < 1.29 is 14.6 Å². The van der Waals surface area contributed by atoms with Gasteiger partial charge in [0.25, 0.3) is 0 Å². The summed E-state index contributed by atoms with van der Waals surface area (Å²) in [6, 6.07) is 5.96. The van der Waals surface area contributed by atoms with E-state index in [-0.39, 0.29) is 12.5 Å². The molecule has 0 aliphatic heterocycles. The smallest absolute Gasteiger partial charge is 0.224 e. The summed E-state index contributed by atoms with van der Waals surface area (Å²) in [6.07, 6.45) is -0.645. The number of hydrogen-bond acceptors (Lipinski definition) is 4. The second-order valence-electron chi connectivity index (χ2n) is 6.11. The van der Waals surface area contributed by atoms with Crippen LogP contribution in [0.1, 0.15) is 25.0 Å². The van der Waals surface area contributed by atoms with Gasteiger partial charge in [0, 0.05) is 13.1 Å². The number of aliphatic hydroxyl groups excluding tert-OH is 1. The van der Waals surface area contributed by atoms with E-state index >= 15 is 0 Å². The third-order valence-electron chi connectivity index (χ3n) is 3.39. The maximum Gasteiger partial charge on any atom is 0.224 e. The van der Waals surface area contributed by atoms with E-state index in [0.29, 0.717) is 13.1 Å². The molecule has 5 heteroatoms. The molecule has 1 atom stereocenters. The van der Waals surface area contributed by atoms with Gasteiger partial charge in [-0.25, -0.2) is 0 Å². The van der Waals surface area contributed by atoms with E-state index in [1.807, 2.05) is 32.0 Å². The van der Waals surface area contributed by atoms with Crippen LogP contribution in [-0.4, -0.2) is 36.8 Å². The summed E-state index contributed by atoms with van der Waals surface area (Å²) >= 11 is 0. The lowest BCUT2D eigenvalue weighted by Crippen LogP contribution is -2.43. The first kappa shape index (κ1) is 17.5. The normalized spacial score (nSPS) is 13.0. The molecule has 0 fully saturated rings. The molecule has 0 saturated heterocycles. The number of amides is 1. The van der Waals surface area contributed by atoms with E-state index in [9.17, 15) is 9.90 Å². The molecule has 1 unspecified atom stereocenters. The van der Waals surface area contributed by atoms with Gasteiger partial charge in [0.15, 0.2) is 0 Å².